The molecule has 0 amide bonds. The van der Waals surface area contributed by atoms with E-state index in [1.54, 1.807) is 6.07 Å². The summed E-state index contributed by atoms with van der Waals surface area (Å²) in [6.07, 6.45) is 1.91. The number of aryl methyl sites for hydroxylation is 1. The van der Waals surface area contributed by atoms with Gasteiger partial charge in [0.2, 0.25) is 0 Å². The van der Waals surface area contributed by atoms with E-state index in [1.165, 1.54) is 0 Å². The minimum atomic E-state index is 0.564. The quantitative estimate of drug-likeness (QED) is 0.773. The highest BCUT2D eigenvalue weighted by atomic mass is 79.9. The summed E-state index contributed by atoms with van der Waals surface area (Å²) in [4.78, 5) is 0. The molecule has 0 aliphatic rings. The van der Waals surface area contributed by atoms with Gasteiger partial charge in [0.1, 0.15) is 0 Å². The number of hydrogen-bond acceptors (Lipinski definition) is 2. The van der Waals surface area contributed by atoms with Crippen LogP contribution in [0.1, 0.15) is 23.1 Å². The van der Waals surface area contributed by atoms with Crippen LogP contribution >= 0.6 is 15.9 Å². The van der Waals surface area contributed by atoms with Gasteiger partial charge >= 0.3 is 0 Å². The molecule has 0 atom stereocenters. The summed E-state index contributed by atoms with van der Waals surface area (Å²) >= 11 is 3.35. The van der Waals surface area contributed by atoms with Crippen molar-refractivity contribution in [3.63, 3.8) is 0 Å². The Bertz CT molecular complexity index is 366. The fourth-order valence-corrected chi connectivity index (χ4v) is 1.52. The first-order chi connectivity index (χ1) is 6.80. The molecular weight excluding hydrogens is 240 g/mol. The summed E-state index contributed by atoms with van der Waals surface area (Å²) < 4.78 is 0. The van der Waals surface area contributed by atoms with Crippen LogP contribution in [0.3, 0.4) is 0 Å². The van der Waals surface area contributed by atoms with Crippen LogP contribution in [0.2, 0.25) is 0 Å². The molecule has 0 N–H and O–H groups in total. The Balaban J connectivity index is 2.95. The topological polar surface area (TPSA) is 47.6 Å². The van der Waals surface area contributed by atoms with Gasteiger partial charge < -0.3 is 0 Å². The predicted molar refractivity (Wildman–Crippen MR) is 58.0 cm³/mol. The van der Waals surface area contributed by atoms with Crippen molar-refractivity contribution in [3.05, 3.63) is 34.9 Å². The van der Waals surface area contributed by atoms with E-state index in [1.807, 2.05) is 12.1 Å². The smallest absolute Gasteiger partial charge is 0.0992 e. The van der Waals surface area contributed by atoms with E-state index in [9.17, 15) is 0 Å². The normalized spacial score (nSPS) is 9.07. The molecule has 0 saturated carbocycles. The van der Waals surface area contributed by atoms with Gasteiger partial charge in [-0.2, -0.15) is 10.5 Å². The maximum absolute atomic E-state index is 8.74. The summed E-state index contributed by atoms with van der Waals surface area (Å²) in [6, 6.07) is 9.39. The molecule has 3 heteroatoms. The second kappa shape index (κ2) is 5.42. The van der Waals surface area contributed by atoms with Gasteiger partial charge in [-0.3, -0.25) is 0 Å². The van der Waals surface area contributed by atoms with E-state index in [2.05, 4.69) is 28.1 Å². The summed E-state index contributed by atoms with van der Waals surface area (Å²) in [7, 11) is 0. The van der Waals surface area contributed by atoms with Crippen LogP contribution in [0.4, 0.5) is 0 Å². The minimum absolute atomic E-state index is 0.564. The molecule has 0 aliphatic heterocycles. The summed E-state index contributed by atoms with van der Waals surface area (Å²) in [6.45, 7) is 0. The van der Waals surface area contributed by atoms with Gasteiger partial charge in [0, 0.05) is 5.33 Å². The zero-order chi connectivity index (χ0) is 10.4. The molecular formula is C11H9BrN2. The van der Waals surface area contributed by atoms with Crippen molar-refractivity contribution in [3.8, 4) is 12.1 Å². The van der Waals surface area contributed by atoms with Crippen LogP contribution in [0, 0.1) is 22.7 Å². The monoisotopic (exact) mass is 248 g/mol. The zero-order valence-corrected chi connectivity index (χ0v) is 9.21. The highest BCUT2D eigenvalue weighted by molar-refractivity contribution is 9.09. The number of hydrogen-bond donors (Lipinski definition) is 0. The lowest BCUT2D eigenvalue weighted by Crippen LogP contribution is -1.89. The van der Waals surface area contributed by atoms with Gasteiger partial charge in [0.05, 0.1) is 23.3 Å². The van der Waals surface area contributed by atoms with Crippen molar-refractivity contribution in [2.24, 2.45) is 0 Å². The van der Waals surface area contributed by atoms with Gasteiger partial charge in [-0.25, -0.2) is 0 Å². The van der Waals surface area contributed by atoms with Crippen molar-refractivity contribution in [1.29, 1.82) is 10.5 Å². The molecule has 14 heavy (non-hydrogen) atoms. The Kier molecular flexibility index (Phi) is 4.16. The molecule has 0 fully saturated rings. The van der Waals surface area contributed by atoms with Gasteiger partial charge in [-0.15, -0.1) is 0 Å². The molecule has 1 aromatic carbocycles. The summed E-state index contributed by atoms with van der Waals surface area (Å²) in [5, 5.41) is 18.4. The van der Waals surface area contributed by atoms with E-state index in [0.717, 1.165) is 23.7 Å². The molecule has 0 heterocycles. The summed E-state index contributed by atoms with van der Waals surface area (Å²) in [5.74, 6) is 0. The highest BCUT2D eigenvalue weighted by Gasteiger charge is 1.99. The molecule has 70 valence electrons. The Morgan fingerprint density at radius 1 is 1.07 bits per heavy atom. The molecule has 0 saturated heterocycles. The van der Waals surface area contributed by atoms with Crippen molar-refractivity contribution >= 4 is 15.9 Å². The third kappa shape index (κ3) is 2.87. The van der Waals surface area contributed by atoms with E-state index in [0.29, 0.717) is 11.1 Å². The molecule has 0 radical (unpaired) electrons. The molecule has 0 aromatic heterocycles. The fraction of sp³-hybridized carbons (Fsp3) is 0.273. The maximum Gasteiger partial charge on any atom is 0.0992 e. The van der Waals surface area contributed by atoms with Gasteiger partial charge in [-0.1, -0.05) is 15.9 Å². The van der Waals surface area contributed by atoms with E-state index in [4.69, 9.17) is 10.5 Å². The standard InChI is InChI=1S/C11H9BrN2/c12-3-1-2-9-4-10(7-13)6-11(5-9)8-14/h4-6H,1-3H2. The SMILES string of the molecule is N#Cc1cc(C#N)cc(CCCBr)c1. The van der Waals surface area contributed by atoms with Crippen LogP contribution in [0.5, 0.6) is 0 Å². The average Bonchev–Trinajstić information content (AvgIpc) is 2.25. The van der Waals surface area contributed by atoms with Gasteiger partial charge in [-0.05, 0) is 36.6 Å². The van der Waals surface area contributed by atoms with Crippen LogP contribution < -0.4 is 0 Å². The number of nitrogens with zero attached hydrogens (tertiary/aromatic N) is 2. The minimum Gasteiger partial charge on any atom is -0.192 e. The third-order valence-corrected chi connectivity index (χ3v) is 2.41. The molecule has 2 nitrogen and oxygen atoms in total. The lowest BCUT2D eigenvalue weighted by molar-refractivity contribution is 0.938. The van der Waals surface area contributed by atoms with Crippen molar-refractivity contribution < 1.29 is 0 Å². The molecule has 0 aliphatic carbocycles. The lowest BCUT2D eigenvalue weighted by Gasteiger charge is -2.00. The number of alkyl halides is 1. The first-order valence-electron chi connectivity index (χ1n) is 4.30. The Labute approximate surface area is 91.9 Å². The average molecular weight is 249 g/mol. The van der Waals surface area contributed by atoms with Crippen LogP contribution in [0.15, 0.2) is 18.2 Å². The number of halogens is 1. The van der Waals surface area contributed by atoms with Gasteiger partial charge in [0.25, 0.3) is 0 Å². The lowest BCUT2D eigenvalue weighted by atomic mass is 10.0. The zero-order valence-electron chi connectivity index (χ0n) is 7.63. The molecule has 0 bridgehead atoms. The van der Waals surface area contributed by atoms with Crippen LogP contribution in [-0.2, 0) is 6.42 Å². The summed E-state index contributed by atoms with van der Waals surface area (Å²) in [5.41, 5.74) is 2.18. The number of rotatable bonds is 3. The number of benzene rings is 1. The Morgan fingerprint density at radius 3 is 2.07 bits per heavy atom. The second-order valence-corrected chi connectivity index (χ2v) is 3.73. The Morgan fingerprint density at radius 2 is 1.64 bits per heavy atom. The first kappa shape index (κ1) is 10.8. The van der Waals surface area contributed by atoms with E-state index < -0.39 is 0 Å². The van der Waals surface area contributed by atoms with Crippen LogP contribution in [0.25, 0.3) is 0 Å². The van der Waals surface area contributed by atoms with Crippen LogP contribution in [-0.4, -0.2) is 5.33 Å². The fourth-order valence-electron chi connectivity index (χ4n) is 1.24. The Hall–Kier alpha value is -1.32. The van der Waals surface area contributed by atoms with Crippen molar-refractivity contribution in [1.82, 2.24) is 0 Å². The van der Waals surface area contributed by atoms with Gasteiger partial charge in [0.15, 0.2) is 0 Å². The van der Waals surface area contributed by atoms with Crippen molar-refractivity contribution in [2.45, 2.75) is 12.8 Å². The third-order valence-electron chi connectivity index (χ3n) is 1.85. The molecule has 0 unspecified atom stereocenters. The highest BCUT2D eigenvalue weighted by Crippen LogP contribution is 2.11. The largest absolute Gasteiger partial charge is 0.192 e. The second-order valence-electron chi connectivity index (χ2n) is 2.93. The van der Waals surface area contributed by atoms with E-state index in [-0.39, 0.29) is 0 Å². The van der Waals surface area contributed by atoms with E-state index >= 15 is 0 Å². The predicted octanol–water partition coefficient (Wildman–Crippen LogP) is 2.76. The molecule has 1 aromatic rings. The van der Waals surface area contributed by atoms with Crippen molar-refractivity contribution in [2.75, 3.05) is 5.33 Å². The molecule has 1 rings (SSSR count). The first-order valence-corrected chi connectivity index (χ1v) is 5.42. The maximum atomic E-state index is 8.74. The number of nitriles is 2. The molecule has 0 spiro atoms.